The molecule has 19 heavy (non-hydrogen) atoms. The summed E-state index contributed by atoms with van der Waals surface area (Å²) < 4.78 is 5.11. The third kappa shape index (κ3) is 2.82. The van der Waals surface area contributed by atoms with Crippen LogP contribution in [0.1, 0.15) is 18.7 Å². The van der Waals surface area contributed by atoms with E-state index in [0.29, 0.717) is 11.7 Å². The van der Waals surface area contributed by atoms with Gasteiger partial charge in [-0.25, -0.2) is 0 Å². The van der Waals surface area contributed by atoms with Crippen LogP contribution in [0.25, 0.3) is 11.4 Å². The van der Waals surface area contributed by atoms with Crippen molar-refractivity contribution in [3.8, 4) is 11.4 Å². The van der Waals surface area contributed by atoms with Crippen LogP contribution in [0.15, 0.2) is 21.3 Å². The lowest BCUT2D eigenvalue weighted by atomic mass is 10.2. The molecular weight excluding hydrogens is 264 g/mol. The van der Waals surface area contributed by atoms with E-state index in [9.17, 15) is 4.79 Å². The first kappa shape index (κ1) is 12.3. The molecule has 0 aromatic carbocycles. The number of aromatic nitrogens is 2. The number of nitrogens with zero attached hydrogens (tertiary/aromatic N) is 2. The zero-order valence-electron chi connectivity index (χ0n) is 10.3. The minimum atomic E-state index is -0.0840. The first-order chi connectivity index (χ1) is 9.33. The van der Waals surface area contributed by atoms with E-state index in [1.54, 1.807) is 11.3 Å². The van der Waals surface area contributed by atoms with Crippen molar-refractivity contribution in [3.05, 3.63) is 22.7 Å². The highest BCUT2D eigenvalue weighted by atomic mass is 32.1. The maximum atomic E-state index is 11.8. The summed E-state index contributed by atoms with van der Waals surface area (Å²) in [6.07, 6.45) is 1.93. The van der Waals surface area contributed by atoms with Gasteiger partial charge in [-0.1, -0.05) is 5.16 Å². The van der Waals surface area contributed by atoms with E-state index in [1.807, 2.05) is 16.8 Å². The van der Waals surface area contributed by atoms with Gasteiger partial charge in [0.2, 0.25) is 17.6 Å². The molecule has 1 fully saturated rings. The molecule has 2 aromatic heterocycles. The van der Waals surface area contributed by atoms with E-state index in [0.717, 1.165) is 24.9 Å². The summed E-state index contributed by atoms with van der Waals surface area (Å²) in [4.78, 5) is 16.0. The fraction of sp³-hybridized carbons (Fsp3) is 0.417. The molecule has 0 saturated carbocycles. The Morgan fingerprint density at radius 3 is 3.32 bits per heavy atom. The van der Waals surface area contributed by atoms with Crippen LogP contribution in [0.4, 0.5) is 0 Å². The van der Waals surface area contributed by atoms with Crippen LogP contribution in [0.5, 0.6) is 0 Å². The van der Waals surface area contributed by atoms with E-state index in [2.05, 4.69) is 20.8 Å². The molecule has 7 heteroatoms. The third-order valence-electron chi connectivity index (χ3n) is 3.04. The molecule has 1 aliphatic heterocycles. The number of hydrogen-bond donors (Lipinski definition) is 2. The molecule has 1 saturated heterocycles. The van der Waals surface area contributed by atoms with Gasteiger partial charge in [0.25, 0.3) is 0 Å². The molecule has 1 amide bonds. The highest BCUT2D eigenvalue weighted by Gasteiger charge is 2.22. The molecule has 6 nitrogen and oxygen atoms in total. The smallest absolute Gasteiger partial charge is 0.246 e. The largest absolute Gasteiger partial charge is 0.346 e. The Balaban J connectivity index is 1.57. The van der Waals surface area contributed by atoms with E-state index < -0.39 is 0 Å². The predicted octanol–water partition coefficient (Wildman–Crippen LogP) is 1.17. The van der Waals surface area contributed by atoms with Crippen LogP contribution in [-0.4, -0.2) is 28.6 Å². The second kappa shape index (κ2) is 5.50. The lowest BCUT2D eigenvalue weighted by Gasteiger charge is -2.08. The summed E-state index contributed by atoms with van der Waals surface area (Å²) >= 11 is 1.58. The van der Waals surface area contributed by atoms with Gasteiger partial charge in [-0.2, -0.15) is 16.3 Å². The summed E-state index contributed by atoms with van der Waals surface area (Å²) in [5.41, 5.74) is 0.934. The van der Waals surface area contributed by atoms with Gasteiger partial charge in [-0.3, -0.25) is 4.79 Å². The van der Waals surface area contributed by atoms with Gasteiger partial charge in [-0.05, 0) is 30.8 Å². The summed E-state index contributed by atoms with van der Waals surface area (Å²) in [6, 6.07) is 1.85. The molecule has 100 valence electrons. The van der Waals surface area contributed by atoms with Crippen molar-refractivity contribution >= 4 is 17.2 Å². The molecule has 0 bridgehead atoms. The van der Waals surface area contributed by atoms with E-state index in [4.69, 9.17) is 4.52 Å². The number of amides is 1. The topological polar surface area (TPSA) is 80.1 Å². The third-order valence-corrected chi connectivity index (χ3v) is 3.72. The summed E-state index contributed by atoms with van der Waals surface area (Å²) in [6.45, 7) is 1.18. The molecule has 2 N–H and O–H groups in total. The van der Waals surface area contributed by atoms with Crippen molar-refractivity contribution in [2.24, 2.45) is 0 Å². The van der Waals surface area contributed by atoms with E-state index in [-0.39, 0.29) is 18.5 Å². The highest BCUT2D eigenvalue weighted by Crippen LogP contribution is 2.18. The Hall–Kier alpha value is -1.73. The number of thiophene rings is 1. The molecule has 0 spiro atoms. The molecule has 1 aliphatic rings. The SMILES string of the molecule is O=C(NCc1nc(-c2ccsc2)no1)C1CCCN1. The zero-order valence-corrected chi connectivity index (χ0v) is 11.1. The molecule has 2 aromatic rings. The Kier molecular flexibility index (Phi) is 3.56. The lowest BCUT2D eigenvalue weighted by Crippen LogP contribution is -2.40. The molecule has 0 radical (unpaired) electrons. The number of carbonyl (C=O) groups is 1. The number of rotatable bonds is 4. The van der Waals surface area contributed by atoms with Gasteiger partial charge in [0.1, 0.15) is 0 Å². The number of carbonyl (C=O) groups excluding carboxylic acids is 1. The molecular formula is C12H14N4O2S. The Morgan fingerprint density at radius 2 is 2.58 bits per heavy atom. The van der Waals surface area contributed by atoms with Crippen LogP contribution in [0.3, 0.4) is 0 Å². The Labute approximate surface area is 114 Å². The van der Waals surface area contributed by atoms with Gasteiger partial charge in [0.05, 0.1) is 12.6 Å². The average Bonchev–Trinajstić information content (AvgIpc) is 3.14. The monoisotopic (exact) mass is 278 g/mol. The molecule has 1 unspecified atom stereocenters. The number of hydrogen-bond acceptors (Lipinski definition) is 6. The van der Waals surface area contributed by atoms with Gasteiger partial charge >= 0.3 is 0 Å². The fourth-order valence-electron chi connectivity index (χ4n) is 2.03. The highest BCUT2D eigenvalue weighted by molar-refractivity contribution is 7.08. The van der Waals surface area contributed by atoms with Crippen molar-refractivity contribution in [3.63, 3.8) is 0 Å². The van der Waals surface area contributed by atoms with Gasteiger partial charge in [-0.15, -0.1) is 0 Å². The first-order valence-electron chi connectivity index (χ1n) is 6.19. The minimum absolute atomic E-state index is 0.00668. The molecule has 3 heterocycles. The van der Waals surface area contributed by atoms with Gasteiger partial charge in [0.15, 0.2) is 0 Å². The second-order valence-corrected chi connectivity index (χ2v) is 5.17. The van der Waals surface area contributed by atoms with Crippen LogP contribution in [0, 0.1) is 0 Å². The second-order valence-electron chi connectivity index (χ2n) is 4.39. The minimum Gasteiger partial charge on any atom is -0.346 e. The average molecular weight is 278 g/mol. The van der Waals surface area contributed by atoms with Crippen LogP contribution >= 0.6 is 11.3 Å². The van der Waals surface area contributed by atoms with Gasteiger partial charge in [0, 0.05) is 10.9 Å². The van der Waals surface area contributed by atoms with E-state index >= 15 is 0 Å². The van der Waals surface area contributed by atoms with Crippen LogP contribution < -0.4 is 10.6 Å². The summed E-state index contributed by atoms with van der Waals surface area (Å²) in [5.74, 6) is 0.977. The zero-order chi connectivity index (χ0) is 13.1. The lowest BCUT2D eigenvalue weighted by molar-refractivity contribution is -0.123. The Morgan fingerprint density at radius 1 is 1.63 bits per heavy atom. The Bertz CT molecular complexity index is 546. The molecule has 0 aliphatic carbocycles. The van der Waals surface area contributed by atoms with Crippen LogP contribution in [-0.2, 0) is 11.3 Å². The van der Waals surface area contributed by atoms with Crippen LogP contribution in [0.2, 0.25) is 0 Å². The van der Waals surface area contributed by atoms with E-state index in [1.165, 1.54) is 0 Å². The number of nitrogens with one attached hydrogen (secondary N) is 2. The van der Waals surface area contributed by atoms with Crippen molar-refractivity contribution in [2.75, 3.05) is 6.54 Å². The quantitative estimate of drug-likeness (QED) is 0.877. The maximum absolute atomic E-state index is 11.8. The molecule has 3 rings (SSSR count). The van der Waals surface area contributed by atoms with Crippen molar-refractivity contribution in [2.45, 2.75) is 25.4 Å². The summed E-state index contributed by atoms with van der Waals surface area (Å²) in [5, 5.41) is 13.7. The van der Waals surface area contributed by atoms with Crippen molar-refractivity contribution < 1.29 is 9.32 Å². The predicted molar refractivity (Wildman–Crippen MR) is 70.5 cm³/mol. The van der Waals surface area contributed by atoms with Crippen molar-refractivity contribution in [1.29, 1.82) is 0 Å². The van der Waals surface area contributed by atoms with Gasteiger partial charge < -0.3 is 15.2 Å². The first-order valence-corrected chi connectivity index (χ1v) is 7.13. The summed E-state index contributed by atoms with van der Waals surface area (Å²) in [7, 11) is 0. The van der Waals surface area contributed by atoms with Crippen molar-refractivity contribution in [1.82, 2.24) is 20.8 Å². The normalized spacial score (nSPS) is 18.6. The standard InChI is InChI=1S/C12H14N4O2S/c17-12(9-2-1-4-13-9)14-6-10-15-11(16-18-10)8-3-5-19-7-8/h3,5,7,9,13H,1-2,4,6H2,(H,14,17). The maximum Gasteiger partial charge on any atom is 0.246 e. The fourth-order valence-corrected chi connectivity index (χ4v) is 2.66. The molecule has 1 atom stereocenters.